The standard InChI is InChI=1S/C29H45P/c1-8-12-15-25-19-21-29(27(17-14-10-3)26(25)16-13-9-2)30(11-4)28-20-18-22(5)23(6)24(28)7/h18-21H,8-17H2,1-7H3. The Kier molecular flexibility index (Phi) is 10.6. The van der Waals surface area contributed by atoms with Crippen molar-refractivity contribution in [1.29, 1.82) is 0 Å². The monoisotopic (exact) mass is 424 g/mol. The normalized spacial score (nSPS) is 12.4. The Morgan fingerprint density at radius 3 is 1.77 bits per heavy atom. The molecule has 0 N–H and O–H groups in total. The van der Waals surface area contributed by atoms with Gasteiger partial charge in [-0.15, -0.1) is 0 Å². The molecule has 0 bridgehead atoms. The third-order valence-electron chi connectivity index (χ3n) is 6.79. The largest absolute Gasteiger partial charge is 0.0654 e. The van der Waals surface area contributed by atoms with E-state index in [0.29, 0.717) is 0 Å². The van der Waals surface area contributed by atoms with Gasteiger partial charge in [0, 0.05) is 0 Å². The van der Waals surface area contributed by atoms with E-state index in [1.165, 1.54) is 80.6 Å². The summed E-state index contributed by atoms with van der Waals surface area (Å²) in [6.45, 7) is 16.3. The molecule has 0 radical (unpaired) electrons. The lowest BCUT2D eigenvalue weighted by atomic mass is 9.91. The summed E-state index contributed by atoms with van der Waals surface area (Å²) in [4.78, 5) is 0. The predicted octanol–water partition coefficient (Wildman–Crippen LogP) is 8.09. The molecule has 0 saturated heterocycles. The summed E-state index contributed by atoms with van der Waals surface area (Å²) in [5, 5.41) is 3.29. The van der Waals surface area contributed by atoms with Crippen LogP contribution in [-0.2, 0) is 19.3 Å². The van der Waals surface area contributed by atoms with Gasteiger partial charge in [-0.2, -0.15) is 0 Å². The molecule has 1 atom stereocenters. The average Bonchev–Trinajstić information content (AvgIpc) is 2.75. The summed E-state index contributed by atoms with van der Waals surface area (Å²) in [5.74, 6) is 0. The summed E-state index contributed by atoms with van der Waals surface area (Å²) in [6, 6.07) is 9.83. The van der Waals surface area contributed by atoms with Crippen LogP contribution in [0.5, 0.6) is 0 Å². The topological polar surface area (TPSA) is 0 Å². The lowest BCUT2D eigenvalue weighted by molar-refractivity contribution is 0.737. The molecule has 0 amide bonds. The fraction of sp³-hybridized carbons (Fsp3) is 0.586. The number of hydrogen-bond acceptors (Lipinski definition) is 0. The van der Waals surface area contributed by atoms with E-state index in [2.05, 4.69) is 72.7 Å². The van der Waals surface area contributed by atoms with Gasteiger partial charge in [0.05, 0.1) is 0 Å². The first-order valence-electron chi connectivity index (χ1n) is 12.5. The van der Waals surface area contributed by atoms with Crippen LogP contribution in [-0.4, -0.2) is 6.16 Å². The maximum atomic E-state index is 2.54. The van der Waals surface area contributed by atoms with Gasteiger partial charge >= 0.3 is 0 Å². The number of unbranched alkanes of at least 4 members (excludes halogenated alkanes) is 3. The molecule has 1 unspecified atom stereocenters. The summed E-state index contributed by atoms with van der Waals surface area (Å²) in [6.07, 6.45) is 12.8. The van der Waals surface area contributed by atoms with Crippen LogP contribution in [0.3, 0.4) is 0 Å². The Labute approximate surface area is 188 Å². The van der Waals surface area contributed by atoms with Gasteiger partial charge in [0.15, 0.2) is 0 Å². The molecule has 0 aliphatic rings. The number of hydrogen-bond donors (Lipinski definition) is 0. The van der Waals surface area contributed by atoms with Crippen molar-refractivity contribution in [2.45, 2.75) is 106 Å². The highest BCUT2D eigenvalue weighted by Crippen LogP contribution is 2.38. The second kappa shape index (κ2) is 12.7. The lowest BCUT2D eigenvalue weighted by Crippen LogP contribution is -2.22. The number of rotatable bonds is 12. The fourth-order valence-corrected chi connectivity index (χ4v) is 7.18. The number of aryl methyl sites for hydroxylation is 2. The molecule has 2 aromatic rings. The quantitative estimate of drug-likeness (QED) is 0.302. The van der Waals surface area contributed by atoms with Gasteiger partial charge in [0.2, 0.25) is 0 Å². The highest BCUT2D eigenvalue weighted by Gasteiger charge is 2.21. The second-order valence-corrected chi connectivity index (χ2v) is 11.4. The minimum Gasteiger partial charge on any atom is -0.0654 e. The Balaban J connectivity index is 2.64. The molecule has 0 aromatic heterocycles. The highest BCUT2D eigenvalue weighted by molar-refractivity contribution is 7.73. The van der Waals surface area contributed by atoms with Crippen molar-refractivity contribution in [3.05, 3.63) is 57.6 Å². The van der Waals surface area contributed by atoms with Crippen LogP contribution in [0.15, 0.2) is 24.3 Å². The fourth-order valence-electron chi connectivity index (χ4n) is 4.59. The second-order valence-electron chi connectivity index (χ2n) is 8.91. The summed E-state index contributed by atoms with van der Waals surface area (Å²) in [5.41, 5.74) is 9.52. The predicted molar refractivity (Wildman–Crippen MR) is 140 cm³/mol. The molecule has 0 aliphatic carbocycles. The molecule has 0 saturated carbocycles. The van der Waals surface area contributed by atoms with Crippen molar-refractivity contribution >= 4 is 18.5 Å². The molecule has 0 nitrogen and oxygen atoms in total. The Bertz CT molecular complexity index is 802. The van der Waals surface area contributed by atoms with Gasteiger partial charge in [-0.3, -0.25) is 0 Å². The van der Waals surface area contributed by atoms with Crippen LogP contribution in [0.1, 0.15) is 99.6 Å². The summed E-state index contributed by atoms with van der Waals surface area (Å²) in [7, 11) is -0.292. The highest BCUT2D eigenvalue weighted by atomic mass is 31.1. The molecule has 1 heteroatoms. The van der Waals surface area contributed by atoms with E-state index in [0.717, 1.165) is 0 Å². The van der Waals surface area contributed by atoms with E-state index < -0.39 is 0 Å². The molecule has 30 heavy (non-hydrogen) atoms. The smallest absolute Gasteiger partial charge is 0.0160 e. The van der Waals surface area contributed by atoms with E-state index in [-0.39, 0.29) is 7.92 Å². The molecule has 0 fully saturated rings. The third kappa shape index (κ3) is 5.97. The number of benzene rings is 2. The third-order valence-corrected chi connectivity index (χ3v) is 9.49. The van der Waals surface area contributed by atoms with Crippen LogP contribution in [0, 0.1) is 20.8 Å². The summed E-state index contributed by atoms with van der Waals surface area (Å²) >= 11 is 0. The molecular formula is C29H45P. The Morgan fingerprint density at radius 1 is 0.600 bits per heavy atom. The Hall–Kier alpha value is -1.13. The zero-order valence-electron chi connectivity index (χ0n) is 20.8. The maximum Gasteiger partial charge on any atom is -0.0160 e. The Morgan fingerprint density at radius 2 is 1.17 bits per heavy atom. The van der Waals surface area contributed by atoms with Crippen LogP contribution >= 0.6 is 7.92 Å². The van der Waals surface area contributed by atoms with Crippen molar-refractivity contribution in [3.8, 4) is 0 Å². The van der Waals surface area contributed by atoms with Crippen molar-refractivity contribution in [2.24, 2.45) is 0 Å². The van der Waals surface area contributed by atoms with Gasteiger partial charge < -0.3 is 0 Å². The molecule has 2 rings (SSSR count). The van der Waals surface area contributed by atoms with E-state index in [1.807, 2.05) is 0 Å². The SMILES string of the molecule is CCCCc1ccc(P(CC)c2ccc(C)c(C)c2C)c(CCCC)c1CCCC. The van der Waals surface area contributed by atoms with E-state index >= 15 is 0 Å². The first-order chi connectivity index (χ1) is 14.5. The lowest BCUT2D eigenvalue weighted by Gasteiger charge is -2.27. The molecule has 0 spiro atoms. The van der Waals surface area contributed by atoms with E-state index in [1.54, 1.807) is 27.3 Å². The van der Waals surface area contributed by atoms with Crippen molar-refractivity contribution in [3.63, 3.8) is 0 Å². The first kappa shape index (κ1) is 25.1. The maximum absolute atomic E-state index is 2.54. The van der Waals surface area contributed by atoms with Crippen LogP contribution in [0.25, 0.3) is 0 Å². The van der Waals surface area contributed by atoms with Gasteiger partial charge in [-0.25, -0.2) is 0 Å². The van der Waals surface area contributed by atoms with E-state index in [4.69, 9.17) is 0 Å². The van der Waals surface area contributed by atoms with Gasteiger partial charge in [-0.1, -0.05) is 71.2 Å². The van der Waals surface area contributed by atoms with Crippen LogP contribution in [0.2, 0.25) is 0 Å². The van der Waals surface area contributed by atoms with Gasteiger partial charge in [0.1, 0.15) is 0 Å². The van der Waals surface area contributed by atoms with E-state index in [9.17, 15) is 0 Å². The van der Waals surface area contributed by atoms with Crippen molar-refractivity contribution in [1.82, 2.24) is 0 Å². The average molecular weight is 425 g/mol. The van der Waals surface area contributed by atoms with Crippen LogP contribution < -0.4 is 10.6 Å². The zero-order chi connectivity index (χ0) is 22.1. The molecule has 166 valence electrons. The van der Waals surface area contributed by atoms with Crippen molar-refractivity contribution in [2.75, 3.05) is 6.16 Å². The molecule has 0 heterocycles. The van der Waals surface area contributed by atoms with Crippen molar-refractivity contribution < 1.29 is 0 Å². The zero-order valence-corrected chi connectivity index (χ0v) is 21.7. The van der Waals surface area contributed by atoms with Gasteiger partial charge in [-0.05, 0) is 117 Å². The minimum atomic E-state index is -0.292. The molecule has 0 aliphatic heterocycles. The molecular weight excluding hydrogens is 379 g/mol. The summed E-state index contributed by atoms with van der Waals surface area (Å²) < 4.78 is 0. The minimum absolute atomic E-state index is 0.292. The van der Waals surface area contributed by atoms with Crippen LogP contribution in [0.4, 0.5) is 0 Å². The van der Waals surface area contributed by atoms with Gasteiger partial charge in [0.25, 0.3) is 0 Å². The molecule has 2 aromatic carbocycles. The first-order valence-corrected chi connectivity index (χ1v) is 14.0.